The molecule has 0 saturated heterocycles. The number of benzene rings is 1. The van der Waals surface area contributed by atoms with Gasteiger partial charge in [-0.25, -0.2) is 12.8 Å². The standard InChI is InChI=1S/C8H8ClFO2S/c1-6-4-7(2-3-8(6)10)13(11,12)5-9/h2-4H,5H2,1H3. The van der Waals surface area contributed by atoms with Crippen molar-refractivity contribution in [2.75, 3.05) is 5.21 Å². The maximum absolute atomic E-state index is 12.8. The van der Waals surface area contributed by atoms with E-state index in [0.29, 0.717) is 5.56 Å². The Morgan fingerprint density at radius 2 is 2.08 bits per heavy atom. The Kier molecular flexibility index (Phi) is 2.93. The van der Waals surface area contributed by atoms with E-state index in [1.54, 1.807) is 0 Å². The summed E-state index contributed by atoms with van der Waals surface area (Å²) in [6, 6.07) is 3.60. The van der Waals surface area contributed by atoms with Gasteiger partial charge in [-0.3, -0.25) is 0 Å². The number of aryl methyl sites for hydroxylation is 1. The molecular weight excluding hydrogens is 215 g/mol. The highest BCUT2D eigenvalue weighted by molar-refractivity contribution is 7.92. The number of sulfone groups is 1. The normalized spacial score (nSPS) is 11.6. The van der Waals surface area contributed by atoms with Crippen molar-refractivity contribution < 1.29 is 12.8 Å². The number of alkyl halides is 1. The maximum atomic E-state index is 12.8. The Morgan fingerprint density at radius 3 is 2.54 bits per heavy atom. The first kappa shape index (κ1) is 10.5. The molecule has 1 rings (SSSR count). The van der Waals surface area contributed by atoms with Gasteiger partial charge in [0.2, 0.25) is 0 Å². The van der Waals surface area contributed by atoms with Crippen LogP contribution in [0.2, 0.25) is 0 Å². The van der Waals surface area contributed by atoms with E-state index in [-0.39, 0.29) is 4.90 Å². The summed E-state index contributed by atoms with van der Waals surface area (Å²) in [6.45, 7) is 1.50. The molecule has 0 aliphatic heterocycles. The minimum absolute atomic E-state index is 0.0569. The van der Waals surface area contributed by atoms with Crippen LogP contribution in [0.15, 0.2) is 23.1 Å². The highest BCUT2D eigenvalue weighted by Gasteiger charge is 2.13. The van der Waals surface area contributed by atoms with Crippen molar-refractivity contribution in [3.8, 4) is 0 Å². The zero-order valence-corrected chi connectivity index (χ0v) is 8.49. The molecule has 72 valence electrons. The van der Waals surface area contributed by atoms with Crippen molar-refractivity contribution in [3.05, 3.63) is 29.6 Å². The second kappa shape index (κ2) is 3.64. The average molecular weight is 223 g/mol. The van der Waals surface area contributed by atoms with Crippen LogP contribution < -0.4 is 0 Å². The first-order valence-corrected chi connectivity index (χ1v) is 5.71. The molecule has 0 aromatic heterocycles. The molecule has 0 fully saturated rings. The molecule has 0 radical (unpaired) electrons. The molecule has 0 amide bonds. The van der Waals surface area contributed by atoms with E-state index in [1.807, 2.05) is 0 Å². The van der Waals surface area contributed by atoms with Crippen LogP contribution >= 0.6 is 11.6 Å². The molecule has 5 heteroatoms. The third-order valence-electron chi connectivity index (χ3n) is 1.63. The zero-order chi connectivity index (χ0) is 10.1. The fourth-order valence-corrected chi connectivity index (χ4v) is 2.01. The molecule has 0 aliphatic rings. The van der Waals surface area contributed by atoms with E-state index in [9.17, 15) is 12.8 Å². The SMILES string of the molecule is Cc1cc(S(=O)(=O)CCl)ccc1F. The molecule has 0 N–H and O–H groups in total. The summed E-state index contributed by atoms with van der Waals surface area (Å²) in [5.41, 5.74) is 0.297. The van der Waals surface area contributed by atoms with E-state index >= 15 is 0 Å². The lowest BCUT2D eigenvalue weighted by atomic mass is 10.2. The van der Waals surface area contributed by atoms with Crippen LogP contribution in [0.3, 0.4) is 0 Å². The Morgan fingerprint density at radius 1 is 1.46 bits per heavy atom. The quantitative estimate of drug-likeness (QED) is 0.567. The van der Waals surface area contributed by atoms with Gasteiger partial charge in [0.1, 0.15) is 11.0 Å². The van der Waals surface area contributed by atoms with Crippen LogP contribution in [0.5, 0.6) is 0 Å². The van der Waals surface area contributed by atoms with E-state index in [4.69, 9.17) is 11.6 Å². The van der Waals surface area contributed by atoms with Gasteiger partial charge >= 0.3 is 0 Å². The van der Waals surface area contributed by atoms with E-state index in [2.05, 4.69) is 0 Å². The van der Waals surface area contributed by atoms with Crippen LogP contribution in [-0.2, 0) is 9.84 Å². The summed E-state index contributed by atoms with van der Waals surface area (Å²) in [5.74, 6) is -0.423. The molecule has 13 heavy (non-hydrogen) atoms. The third kappa shape index (κ3) is 2.19. The molecule has 1 aromatic rings. The molecule has 0 unspecified atom stereocenters. The number of hydrogen-bond acceptors (Lipinski definition) is 2. The van der Waals surface area contributed by atoms with Crippen molar-refractivity contribution in [2.24, 2.45) is 0 Å². The minimum Gasteiger partial charge on any atom is -0.222 e. The summed E-state index contributed by atoms with van der Waals surface area (Å²) in [7, 11) is -3.44. The number of hydrogen-bond donors (Lipinski definition) is 0. The second-order valence-electron chi connectivity index (χ2n) is 2.63. The molecule has 0 saturated carbocycles. The molecule has 0 spiro atoms. The van der Waals surface area contributed by atoms with Crippen molar-refractivity contribution in [3.63, 3.8) is 0 Å². The predicted molar refractivity (Wildman–Crippen MR) is 49.0 cm³/mol. The summed E-state index contributed by atoms with van der Waals surface area (Å²) >= 11 is 5.24. The summed E-state index contributed by atoms with van der Waals surface area (Å²) in [4.78, 5) is 0.0569. The van der Waals surface area contributed by atoms with Gasteiger partial charge in [0.15, 0.2) is 9.84 Å². The predicted octanol–water partition coefficient (Wildman–Crippen LogP) is 2.10. The highest BCUT2D eigenvalue weighted by Crippen LogP contribution is 2.16. The zero-order valence-electron chi connectivity index (χ0n) is 6.92. The van der Waals surface area contributed by atoms with Crippen LogP contribution in [-0.4, -0.2) is 13.6 Å². The molecule has 1 aromatic carbocycles. The molecule has 0 bridgehead atoms. The van der Waals surface area contributed by atoms with Crippen LogP contribution in [0, 0.1) is 12.7 Å². The van der Waals surface area contributed by atoms with Crippen molar-refractivity contribution in [2.45, 2.75) is 11.8 Å². The molecule has 0 aliphatic carbocycles. The lowest BCUT2D eigenvalue weighted by Gasteiger charge is -2.01. The van der Waals surface area contributed by atoms with Gasteiger partial charge in [-0.15, -0.1) is 11.6 Å². The second-order valence-corrected chi connectivity index (χ2v) is 5.21. The van der Waals surface area contributed by atoms with Crippen molar-refractivity contribution >= 4 is 21.4 Å². The Bertz CT molecular complexity index is 414. The van der Waals surface area contributed by atoms with Gasteiger partial charge in [0, 0.05) is 0 Å². The van der Waals surface area contributed by atoms with Crippen molar-refractivity contribution in [1.82, 2.24) is 0 Å². The van der Waals surface area contributed by atoms with Gasteiger partial charge < -0.3 is 0 Å². The summed E-state index contributed by atoms with van der Waals surface area (Å²) < 4.78 is 35.2. The first-order chi connectivity index (χ1) is 5.97. The van der Waals surface area contributed by atoms with Crippen LogP contribution in [0.4, 0.5) is 4.39 Å². The minimum atomic E-state index is -3.44. The molecule has 2 nitrogen and oxygen atoms in total. The average Bonchev–Trinajstić information content (AvgIpc) is 2.09. The third-order valence-corrected chi connectivity index (χ3v) is 3.75. The maximum Gasteiger partial charge on any atom is 0.192 e. The topological polar surface area (TPSA) is 34.1 Å². The fraction of sp³-hybridized carbons (Fsp3) is 0.250. The van der Waals surface area contributed by atoms with Crippen LogP contribution in [0.25, 0.3) is 0 Å². The van der Waals surface area contributed by atoms with Gasteiger partial charge in [-0.05, 0) is 30.7 Å². The molecular formula is C8H8ClFO2S. The smallest absolute Gasteiger partial charge is 0.192 e. The summed E-state index contributed by atoms with van der Waals surface area (Å²) in [5, 5.41) is -0.488. The first-order valence-electron chi connectivity index (χ1n) is 3.52. The highest BCUT2D eigenvalue weighted by atomic mass is 35.5. The monoisotopic (exact) mass is 222 g/mol. The lowest BCUT2D eigenvalue weighted by molar-refractivity contribution is 0.597. The number of rotatable bonds is 2. The van der Waals surface area contributed by atoms with Crippen molar-refractivity contribution in [1.29, 1.82) is 0 Å². The Labute approximate surface area is 81.3 Å². The van der Waals surface area contributed by atoms with E-state index < -0.39 is 20.9 Å². The molecule has 0 atom stereocenters. The molecule has 0 heterocycles. The van der Waals surface area contributed by atoms with Crippen LogP contribution in [0.1, 0.15) is 5.56 Å². The van der Waals surface area contributed by atoms with E-state index in [0.717, 1.165) is 6.07 Å². The Balaban J connectivity index is 3.27. The number of halogens is 2. The Hall–Kier alpha value is -0.610. The van der Waals surface area contributed by atoms with Gasteiger partial charge in [-0.2, -0.15) is 0 Å². The van der Waals surface area contributed by atoms with E-state index in [1.165, 1.54) is 19.1 Å². The van der Waals surface area contributed by atoms with Gasteiger partial charge in [-0.1, -0.05) is 0 Å². The lowest BCUT2D eigenvalue weighted by Crippen LogP contribution is -2.02. The van der Waals surface area contributed by atoms with Gasteiger partial charge in [0.25, 0.3) is 0 Å². The summed E-state index contributed by atoms with van der Waals surface area (Å²) in [6.07, 6.45) is 0. The largest absolute Gasteiger partial charge is 0.222 e. The van der Waals surface area contributed by atoms with Gasteiger partial charge in [0.05, 0.1) is 4.90 Å². The fourth-order valence-electron chi connectivity index (χ4n) is 0.874.